The maximum atomic E-state index is 14.6. The molecule has 5 heteroatoms. The molecule has 0 fully saturated rings. The van der Waals surface area contributed by atoms with Crippen molar-refractivity contribution in [1.29, 1.82) is 0 Å². The zero-order chi connectivity index (χ0) is 22.1. The average Bonchev–Trinajstić information content (AvgIpc) is 3.19. The molecule has 0 radical (unpaired) electrons. The lowest BCUT2D eigenvalue weighted by atomic mass is 9.93. The third-order valence-electron chi connectivity index (χ3n) is 6.13. The van der Waals surface area contributed by atoms with E-state index in [2.05, 4.69) is 16.4 Å². The lowest BCUT2D eigenvalue weighted by Crippen LogP contribution is -2.35. The Labute approximate surface area is 184 Å². The molecule has 162 valence electrons. The summed E-state index contributed by atoms with van der Waals surface area (Å²) in [5, 5.41) is 4.45. The number of hydrogen-bond donors (Lipinski definition) is 2. The smallest absolute Gasteiger partial charge is 0.147 e. The summed E-state index contributed by atoms with van der Waals surface area (Å²) >= 11 is 0. The van der Waals surface area contributed by atoms with Gasteiger partial charge in [-0.1, -0.05) is 42.5 Å². The van der Waals surface area contributed by atoms with E-state index < -0.39 is 0 Å². The molecule has 0 spiro atoms. The first-order valence-electron chi connectivity index (χ1n) is 10.8. The standard InChI is InChI=1S/C27H23F3N2/c28-19-9-5-17(6-10-19)3-1-2-4-21-15-25-23(16-31-21)26-22(13-14-24(30)27(26)32-25)18-7-11-20(29)12-8-18/h1,3,5-14,21,31-32H,2,4,15-16H2/b3-1+. The van der Waals surface area contributed by atoms with E-state index in [0.29, 0.717) is 12.1 Å². The van der Waals surface area contributed by atoms with Gasteiger partial charge in [0, 0.05) is 30.1 Å². The molecule has 1 unspecified atom stereocenters. The number of benzene rings is 3. The van der Waals surface area contributed by atoms with Crippen LogP contribution in [0.25, 0.3) is 28.1 Å². The van der Waals surface area contributed by atoms with Crippen LogP contribution in [-0.2, 0) is 13.0 Å². The third-order valence-corrected chi connectivity index (χ3v) is 6.13. The van der Waals surface area contributed by atoms with E-state index >= 15 is 0 Å². The topological polar surface area (TPSA) is 27.8 Å². The summed E-state index contributed by atoms with van der Waals surface area (Å²) in [4.78, 5) is 3.31. The summed E-state index contributed by atoms with van der Waals surface area (Å²) in [6.07, 6.45) is 6.72. The van der Waals surface area contributed by atoms with Crippen LogP contribution in [0.15, 0.2) is 66.7 Å². The van der Waals surface area contributed by atoms with Gasteiger partial charge in [0.2, 0.25) is 0 Å². The second kappa shape index (κ2) is 8.67. The lowest BCUT2D eigenvalue weighted by molar-refractivity contribution is 0.453. The fraction of sp³-hybridized carbons (Fsp3) is 0.185. The van der Waals surface area contributed by atoms with Crippen molar-refractivity contribution in [3.8, 4) is 11.1 Å². The molecule has 2 nitrogen and oxygen atoms in total. The van der Waals surface area contributed by atoms with Crippen LogP contribution in [0.4, 0.5) is 13.2 Å². The third kappa shape index (κ3) is 4.08. The minimum absolute atomic E-state index is 0.235. The lowest BCUT2D eigenvalue weighted by Gasteiger charge is -2.24. The van der Waals surface area contributed by atoms with Crippen molar-refractivity contribution < 1.29 is 13.2 Å². The highest BCUT2D eigenvalue weighted by atomic mass is 19.1. The summed E-state index contributed by atoms with van der Waals surface area (Å²) in [7, 11) is 0. The maximum Gasteiger partial charge on any atom is 0.147 e. The van der Waals surface area contributed by atoms with Gasteiger partial charge in [-0.05, 0) is 65.4 Å². The summed E-state index contributed by atoms with van der Waals surface area (Å²) in [5.74, 6) is -0.804. The second-order valence-corrected chi connectivity index (χ2v) is 8.25. The number of aromatic nitrogens is 1. The Morgan fingerprint density at radius 1 is 0.875 bits per heavy atom. The zero-order valence-corrected chi connectivity index (χ0v) is 17.5. The molecule has 1 aromatic heterocycles. The molecule has 2 heterocycles. The Kier molecular flexibility index (Phi) is 5.58. The van der Waals surface area contributed by atoms with Crippen LogP contribution >= 0.6 is 0 Å². The minimum atomic E-state index is -0.291. The van der Waals surface area contributed by atoms with Crippen molar-refractivity contribution >= 4 is 17.0 Å². The molecule has 0 bridgehead atoms. The van der Waals surface area contributed by atoms with Gasteiger partial charge in [-0.2, -0.15) is 0 Å². The number of aromatic amines is 1. The van der Waals surface area contributed by atoms with Gasteiger partial charge in [0.1, 0.15) is 17.5 Å². The number of nitrogens with one attached hydrogen (secondary N) is 2. The average molecular weight is 432 g/mol. The largest absolute Gasteiger partial charge is 0.356 e. The molecule has 2 N–H and O–H groups in total. The molecule has 1 aliphatic rings. The van der Waals surface area contributed by atoms with Crippen molar-refractivity contribution in [1.82, 2.24) is 10.3 Å². The van der Waals surface area contributed by atoms with Gasteiger partial charge in [0.25, 0.3) is 0 Å². The molecular weight excluding hydrogens is 409 g/mol. The summed E-state index contributed by atoms with van der Waals surface area (Å²) in [6.45, 7) is 0.652. The number of fused-ring (bicyclic) bond motifs is 3. The molecule has 5 rings (SSSR count). The Morgan fingerprint density at radius 2 is 1.59 bits per heavy atom. The molecule has 32 heavy (non-hydrogen) atoms. The Balaban J connectivity index is 1.34. The highest BCUT2D eigenvalue weighted by molar-refractivity contribution is 5.99. The first kappa shape index (κ1) is 20.6. The van der Waals surface area contributed by atoms with E-state index in [9.17, 15) is 13.2 Å². The van der Waals surface area contributed by atoms with Crippen LogP contribution in [0.2, 0.25) is 0 Å². The number of H-pyrrole nitrogens is 1. The predicted octanol–water partition coefficient (Wildman–Crippen LogP) is 6.76. The van der Waals surface area contributed by atoms with Gasteiger partial charge in [-0.15, -0.1) is 0 Å². The first-order valence-corrected chi connectivity index (χ1v) is 10.8. The van der Waals surface area contributed by atoms with E-state index in [1.807, 2.05) is 6.08 Å². The summed E-state index contributed by atoms with van der Waals surface area (Å²) < 4.78 is 41.0. The molecule has 4 aromatic rings. The van der Waals surface area contributed by atoms with Crippen LogP contribution < -0.4 is 5.32 Å². The van der Waals surface area contributed by atoms with Crippen molar-refractivity contribution in [3.05, 3.63) is 101 Å². The van der Waals surface area contributed by atoms with Gasteiger partial charge in [-0.3, -0.25) is 0 Å². The Bertz CT molecular complexity index is 1270. The molecule has 0 amide bonds. The first-order chi connectivity index (χ1) is 15.6. The quantitative estimate of drug-likeness (QED) is 0.358. The van der Waals surface area contributed by atoms with E-state index in [1.54, 1.807) is 30.3 Å². The van der Waals surface area contributed by atoms with E-state index in [1.165, 1.54) is 30.3 Å². The fourth-order valence-corrected chi connectivity index (χ4v) is 4.49. The molecule has 0 saturated heterocycles. The Hall–Kier alpha value is -3.31. The van der Waals surface area contributed by atoms with E-state index in [4.69, 9.17) is 0 Å². The minimum Gasteiger partial charge on any atom is -0.356 e. The Morgan fingerprint density at radius 3 is 2.34 bits per heavy atom. The molecule has 1 atom stereocenters. The number of rotatable bonds is 5. The van der Waals surface area contributed by atoms with E-state index in [0.717, 1.165) is 52.6 Å². The molecule has 3 aromatic carbocycles. The molecular formula is C27H23F3N2. The monoisotopic (exact) mass is 432 g/mol. The van der Waals surface area contributed by atoms with Gasteiger partial charge in [-0.25, -0.2) is 13.2 Å². The molecule has 0 saturated carbocycles. The SMILES string of the molecule is Fc1ccc(/C=C/CCC2Cc3[nH]c4c(F)ccc(-c5ccc(F)cc5)c4c3CN2)cc1. The van der Waals surface area contributed by atoms with Crippen LogP contribution in [0.5, 0.6) is 0 Å². The summed E-state index contributed by atoms with van der Waals surface area (Å²) in [6, 6.07) is 16.3. The summed E-state index contributed by atoms with van der Waals surface area (Å²) in [5.41, 5.74) is 5.39. The van der Waals surface area contributed by atoms with E-state index in [-0.39, 0.29) is 23.5 Å². The second-order valence-electron chi connectivity index (χ2n) is 8.25. The van der Waals surface area contributed by atoms with Crippen molar-refractivity contribution in [2.45, 2.75) is 31.8 Å². The van der Waals surface area contributed by atoms with Gasteiger partial charge in [0.05, 0.1) is 5.52 Å². The van der Waals surface area contributed by atoms with Crippen molar-refractivity contribution in [2.24, 2.45) is 0 Å². The van der Waals surface area contributed by atoms with Crippen molar-refractivity contribution in [3.63, 3.8) is 0 Å². The zero-order valence-electron chi connectivity index (χ0n) is 17.5. The van der Waals surface area contributed by atoms with Gasteiger partial charge < -0.3 is 10.3 Å². The van der Waals surface area contributed by atoms with Crippen LogP contribution in [0, 0.1) is 17.5 Å². The van der Waals surface area contributed by atoms with Crippen LogP contribution in [0.3, 0.4) is 0 Å². The van der Waals surface area contributed by atoms with Crippen LogP contribution in [-0.4, -0.2) is 11.0 Å². The fourth-order valence-electron chi connectivity index (χ4n) is 4.49. The van der Waals surface area contributed by atoms with Crippen molar-refractivity contribution in [2.75, 3.05) is 0 Å². The number of hydrogen-bond acceptors (Lipinski definition) is 1. The van der Waals surface area contributed by atoms with Crippen LogP contribution in [0.1, 0.15) is 29.7 Å². The number of halogens is 3. The van der Waals surface area contributed by atoms with Gasteiger partial charge >= 0.3 is 0 Å². The maximum absolute atomic E-state index is 14.6. The highest BCUT2D eigenvalue weighted by Gasteiger charge is 2.24. The number of allylic oxidation sites excluding steroid dienone is 1. The molecule has 1 aliphatic heterocycles. The highest BCUT2D eigenvalue weighted by Crippen LogP contribution is 2.36. The normalized spacial score (nSPS) is 16.0. The molecule has 0 aliphatic carbocycles. The van der Waals surface area contributed by atoms with Gasteiger partial charge in [0.15, 0.2) is 0 Å². The predicted molar refractivity (Wildman–Crippen MR) is 123 cm³/mol.